The van der Waals surface area contributed by atoms with Crippen molar-refractivity contribution in [1.82, 2.24) is 14.9 Å². The fraction of sp³-hybridized carbons (Fsp3) is 0.370. The average molecular weight is 446 g/mol. The molecule has 3 heterocycles. The van der Waals surface area contributed by atoms with Crippen LogP contribution >= 0.6 is 0 Å². The van der Waals surface area contributed by atoms with Crippen molar-refractivity contribution in [2.24, 2.45) is 0 Å². The van der Waals surface area contributed by atoms with Gasteiger partial charge in [-0.15, -0.1) is 0 Å². The number of methoxy groups -OCH3 is 1. The quantitative estimate of drug-likeness (QED) is 0.310. The summed E-state index contributed by atoms with van der Waals surface area (Å²) in [5.41, 5.74) is 5.16. The van der Waals surface area contributed by atoms with E-state index in [1.54, 1.807) is 13.2 Å². The van der Waals surface area contributed by atoms with Gasteiger partial charge in [-0.2, -0.15) is 0 Å². The minimum Gasteiger partial charge on any atom is -0.497 e. The first-order chi connectivity index (χ1) is 16.1. The second-order valence-electron chi connectivity index (χ2n) is 9.11. The smallest absolute Gasteiger partial charge is 0.335 e. The molecule has 0 amide bonds. The van der Waals surface area contributed by atoms with Crippen LogP contribution in [0.3, 0.4) is 0 Å². The number of benzene rings is 2. The molecule has 0 aliphatic carbocycles. The van der Waals surface area contributed by atoms with Crippen LogP contribution in [0.5, 0.6) is 5.75 Å². The molecule has 2 aromatic carbocycles. The number of H-pyrrole nitrogens is 2. The number of carboxylic acid groups (broad SMARTS) is 1. The Hall–Kier alpha value is -3.25. The minimum absolute atomic E-state index is 0.357. The van der Waals surface area contributed by atoms with Gasteiger partial charge in [-0.25, -0.2) is 4.79 Å². The number of fused-ring (bicyclic) bond motifs is 2. The lowest BCUT2D eigenvalue weighted by molar-refractivity contribution is 0.0697. The molecular formula is C27H31N3O3. The molecule has 0 spiro atoms. The van der Waals surface area contributed by atoms with Crippen molar-refractivity contribution in [2.45, 2.75) is 38.0 Å². The first kappa shape index (κ1) is 21.6. The van der Waals surface area contributed by atoms with Crippen molar-refractivity contribution in [2.75, 3.05) is 26.7 Å². The maximum Gasteiger partial charge on any atom is 0.335 e. The Labute approximate surface area is 193 Å². The molecule has 3 N–H and O–H groups in total. The summed E-state index contributed by atoms with van der Waals surface area (Å²) in [6.07, 6.45) is 9.91. The van der Waals surface area contributed by atoms with E-state index in [0.717, 1.165) is 61.1 Å². The standard InChI is InChI=1S/C27H31N3O3/c1-33-21-6-7-22-20(16-28-26(22)15-21)4-2-3-11-30-12-9-18(10-13-30)24-17-29-25-8-5-19(27(31)32)14-23(24)25/h5-8,14-18,28-29H,2-4,9-13H2,1H3,(H,31,32). The van der Waals surface area contributed by atoms with Gasteiger partial charge in [0.15, 0.2) is 0 Å². The number of nitrogens with zero attached hydrogens (tertiary/aromatic N) is 1. The third kappa shape index (κ3) is 4.48. The normalized spacial score (nSPS) is 15.4. The topological polar surface area (TPSA) is 81.3 Å². The Bertz CT molecular complexity index is 1260. The van der Waals surface area contributed by atoms with E-state index in [1.807, 2.05) is 18.2 Å². The second-order valence-corrected chi connectivity index (χ2v) is 9.11. The predicted molar refractivity (Wildman–Crippen MR) is 131 cm³/mol. The molecule has 1 aliphatic heterocycles. The zero-order valence-corrected chi connectivity index (χ0v) is 19.1. The summed E-state index contributed by atoms with van der Waals surface area (Å²) in [4.78, 5) is 20.6. The van der Waals surface area contributed by atoms with Crippen LogP contribution in [0.1, 0.15) is 53.1 Å². The number of aromatic nitrogens is 2. The Morgan fingerprint density at radius 3 is 2.64 bits per heavy atom. The lowest BCUT2D eigenvalue weighted by atomic mass is 9.89. The zero-order valence-electron chi connectivity index (χ0n) is 19.1. The number of hydrogen-bond acceptors (Lipinski definition) is 3. The number of aryl methyl sites for hydroxylation is 1. The highest BCUT2D eigenvalue weighted by Crippen LogP contribution is 2.34. The first-order valence-electron chi connectivity index (χ1n) is 11.8. The average Bonchev–Trinajstić information content (AvgIpc) is 3.45. The molecule has 0 atom stereocenters. The van der Waals surface area contributed by atoms with Crippen molar-refractivity contribution in [1.29, 1.82) is 0 Å². The van der Waals surface area contributed by atoms with Crippen LogP contribution in [0, 0.1) is 0 Å². The molecule has 0 radical (unpaired) electrons. The minimum atomic E-state index is -0.869. The highest BCUT2D eigenvalue weighted by atomic mass is 16.5. The Kier molecular flexibility index (Phi) is 6.09. The molecule has 2 aromatic heterocycles. The summed E-state index contributed by atoms with van der Waals surface area (Å²) >= 11 is 0. The van der Waals surface area contributed by atoms with Crippen LogP contribution in [-0.4, -0.2) is 52.7 Å². The van der Waals surface area contributed by atoms with Crippen molar-refractivity contribution >= 4 is 27.8 Å². The molecule has 1 fully saturated rings. The van der Waals surface area contributed by atoms with Crippen LogP contribution < -0.4 is 4.74 Å². The van der Waals surface area contributed by atoms with E-state index in [0.29, 0.717) is 11.5 Å². The van der Waals surface area contributed by atoms with Gasteiger partial charge in [0.05, 0.1) is 12.7 Å². The van der Waals surface area contributed by atoms with Crippen LogP contribution in [0.25, 0.3) is 21.8 Å². The van der Waals surface area contributed by atoms with Gasteiger partial charge < -0.3 is 24.7 Å². The van der Waals surface area contributed by atoms with Crippen molar-refractivity contribution in [3.8, 4) is 5.75 Å². The Balaban J connectivity index is 1.12. The fourth-order valence-corrected chi connectivity index (χ4v) is 5.23. The molecule has 33 heavy (non-hydrogen) atoms. The van der Waals surface area contributed by atoms with E-state index in [2.05, 4.69) is 39.4 Å². The lowest BCUT2D eigenvalue weighted by Crippen LogP contribution is -2.33. The molecule has 5 rings (SSSR count). The number of likely N-dealkylation sites (tertiary alicyclic amines) is 1. The zero-order chi connectivity index (χ0) is 22.8. The maximum absolute atomic E-state index is 11.4. The molecule has 172 valence electrons. The molecule has 6 nitrogen and oxygen atoms in total. The van der Waals surface area contributed by atoms with E-state index in [-0.39, 0.29) is 0 Å². The molecule has 4 aromatic rings. The van der Waals surface area contributed by atoms with Crippen molar-refractivity contribution in [3.63, 3.8) is 0 Å². The summed E-state index contributed by atoms with van der Waals surface area (Å²) in [5, 5.41) is 11.7. The van der Waals surface area contributed by atoms with E-state index >= 15 is 0 Å². The number of aromatic amines is 2. The highest BCUT2D eigenvalue weighted by molar-refractivity contribution is 5.94. The van der Waals surface area contributed by atoms with Crippen LogP contribution in [0.4, 0.5) is 0 Å². The number of nitrogens with one attached hydrogen (secondary N) is 2. The number of carbonyl (C=O) groups is 1. The molecule has 0 saturated carbocycles. The Morgan fingerprint density at radius 2 is 1.85 bits per heavy atom. The third-order valence-corrected chi connectivity index (χ3v) is 7.13. The molecule has 1 saturated heterocycles. The van der Waals surface area contributed by atoms with E-state index in [9.17, 15) is 9.90 Å². The fourth-order valence-electron chi connectivity index (χ4n) is 5.23. The summed E-state index contributed by atoms with van der Waals surface area (Å²) < 4.78 is 5.31. The summed E-state index contributed by atoms with van der Waals surface area (Å²) in [6.45, 7) is 3.34. The van der Waals surface area contributed by atoms with Crippen LogP contribution in [-0.2, 0) is 6.42 Å². The van der Waals surface area contributed by atoms with Gasteiger partial charge in [-0.1, -0.05) is 0 Å². The number of unbranched alkanes of at least 4 members (excludes halogenated alkanes) is 1. The molecule has 0 unspecified atom stereocenters. The summed E-state index contributed by atoms with van der Waals surface area (Å²) in [5.74, 6) is 0.503. The second kappa shape index (κ2) is 9.32. The van der Waals surface area contributed by atoms with Gasteiger partial charge in [0.25, 0.3) is 0 Å². The highest BCUT2D eigenvalue weighted by Gasteiger charge is 2.23. The lowest BCUT2D eigenvalue weighted by Gasteiger charge is -2.32. The number of piperidine rings is 1. The molecular weight excluding hydrogens is 414 g/mol. The Morgan fingerprint density at radius 1 is 1.03 bits per heavy atom. The number of hydrogen-bond donors (Lipinski definition) is 3. The van der Waals surface area contributed by atoms with E-state index < -0.39 is 5.97 Å². The monoisotopic (exact) mass is 445 g/mol. The first-order valence-corrected chi connectivity index (χ1v) is 11.8. The number of rotatable bonds is 8. The van der Waals surface area contributed by atoms with Gasteiger partial charge in [-0.3, -0.25) is 0 Å². The number of ether oxygens (including phenoxy) is 1. The van der Waals surface area contributed by atoms with Gasteiger partial charge >= 0.3 is 5.97 Å². The van der Waals surface area contributed by atoms with Crippen LogP contribution in [0.2, 0.25) is 0 Å². The maximum atomic E-state index is 11.4. The predicted octanol–water partition coefficient (Wildman–Crippen LogP) is 5.56. The number of carboxylic acids is 1. The van der Waals surface area contributed by atoms with E-state index in [1.165, 1.54) is 29.4 Å². The molecule has 0 bridgehead atoms. The largest absolute Gasteiger partial charge is 0.497 e. The number of aromatic carboxylic acids is 1. The summed E-state index contributed by atoms with van der Waals surface area (Å²) in [6, 6.07) is 11.6. The summed E-state index contributed by atoms with van der Waals surface area (Å²) in [7, 11) is 1.70. The van der Waals surface area contributed by atoms with Gasteiger partial charge in [0.1, 0.15) is 5.75 Å². The van der Waals surface area contributed by atoms with E-state index in [4.69, 9.17) is 4.74 Å². The van der Waals surface area contributed by atoms with Crippen LogP contribution in [0.15, 0.2) is 48.8 Å². The third-order valence-electron chi connectivity index (χ3n) is 7.13. The van der Waals surface area contributed by atoms with Crippen molar-refractivity contribution < 1.29 is 14.6 Å². The van der Waals surface area contributed by atoms with Gasteiger partial charge in [0.2, 0.25) is 0 Å². The van der Waals surface area contributed by atoms with Gasteiger partial charge in [-0.05, 0) is 99.1 Å². The van der Waals surface area contributed by atoms with Crippen molar-refractivity contribution in [3.05, 3.63) is 65.5 Å². The SMILES string of the molecule is COc1ccc2c(CCCCN3CCC(c4c[nH]c5ccc(C(=O)O)cc45)CC3)c[nH]c2c1. The molecule has 1 aliphatic rings. The van der Waals surface area contributed by atoms with Gasteiger partial charge in [0, 0.05) is 40.3 Å². The molecule has 6 heteroatoms.